The summed E-state index contributed by atoms with van der Waals surface area (Å²) in [5, 5.41) is 10.8. The number of hydrogen-bond acceptors (Lipinski definition) is 4. The molecule has 1 fully saturated rings. The lowest BCUT2D eigenvalue weighted by molar-refractivity contribution is -0.140. The average Bonchev–Trinajstić information content (AvgIpc) is 3.36. The fraction of sp³-hybridized carbons (Fsp3) is 0.360. The van der Waals surface area contributed by atoms with E-state index in [2.05, 4.69) is 16.0 Å². The van der Waals surface area contributed by atoms with E-state index in [1.807, 2.05) is 32.0 Å². The molecule has 34 heavy (non-hydrogen) atoms. The van der Waals surface area contributed by atoms with Crippen LogP contribution in [0.4, 0.5) is 10.5 Å². The lowest BCUT2D eigenvalue weighted by atomic mass is 10.0. The number of amides is 5. The number of hydrogen-bond donors (Lipinski definition) is 3. The minimum atomic E-state index is -0.489. The third-order valence-corrected chi connectivity index (χ3v) is 5.67. The molecule has 180 valence electrons. The van der Waals surface area contributed by atoms with Crippen LogP contribution >= 0.6 is 0 Å². The molecule has 0 atom stereocenters. The molecular formula is C25H31N5O4. The molecule has 0 spiro atoms. The summed E-state index contributed by atoms with van der Waals surface area (Å²) in [5.41, 5.74) is 3.31. The largest absolute Gasteiger partial charge is 0.345 e. The molecule has 1 aliphatic heterocycles. The molecule has 0 aliphatic carbocycles. The Morgan fingerprint density at radius 2 is 1.44 bits per heavy atom. The third kappa shape index (κ3) is 6.12. The first kappa shape index (κ1) is 24.8. The number of para-hydroxylation sites is 1. The minimum Gasteiger partial charge on any atom is -0.345 e. The van der Waals surface area contributed by atoms with Gasteiger partial charge in [0.2, 0.25) is 5.91 Å². The summed E-state index contributed by atoms with van der Waals surface area (Å²) in [6.45, 7) is 4.34. The second-order valence-corrected chi connectivity index (χ2v) is 7.91. The van der Waals surface area contributed by atoms with Gasteiger partial charge in [-0.2, -0.15) is 0 Å². The Balaban J connectivity index is 1.52. The number of urea groups is 1. The van der Waals surface area contributed by atoms with Crippen molar-refractivity contribution in [1.82, 2.24) is 20.7 Å². The molecule has 0 aromatic heterocycles. The van der Waals surface area contributed by atoms with Crippen LogP contribution in [0.3, 0.4) is 0 Å². The Bertz CT molecular complexity index is 1020. The average molecular weight is 466 g/mol. The number of aryl methyl sites for hydroxylation is 2. The number of rotatable bonds is 8. The lowest BCUT2D eigenvalue weighted by Gasteiger charge is -2.29. The summed E-state index contributed by atoms with van der Waals surface area (Å²) < 4.78 is 0. The van der Waals surface area contributed by atoms with Crippen LogP contribution in [0.25, 0.3) is 0 Å². The summed E-state index contributed by atoms with van der Waals surface area (Å²) in [5.74, 6) is -1.25. The predicted molar refractivity (Wildman–Crippen MR) is 129 cm³/mol. The van der Waals surface area contributed by atoms with E-state index in [9.17, 15) is 19.2 Å². The second kappa shape index (κ2) is 11.8. The van der Waals surface area contributed by atoms with Crippen LogP contribution in [0, 0.1) is 0 Å². The van der Waals surface area contributed by atoms with Crippen molar-refractivity contribution < 1.29 is 19.2 Å². The standard InChI is InChI=1S/C25H31N5O4/c1-3-18-12-8-13-19(4-2)23(18)28-25(34)30-15-9-14-29(30)22(32)17-26-21(31)16-27-24(33)20-10-6-5-7-11-20/h5-8,10-13H,3-4,9,14-17H2,1-2H3,(H,26,31)(H,27,33)(H,28,34). The molecule has 0 unspecified atom stereocenters. The number of nitrogens with zero attached hydrogens (tertiary/aromatic N) is 2. The van der Waals surface area contributed by atoms with Crippen molar-refractivity contribution in [3.8, 4) is 0 Å². The van der Waals surface area contributed by atoms with Crippen molar-refractivity contribution in [2.24, 2.45) is 0 Å². The monoisotopic (exact) mass is 465 g/mol. The molecular weight excluding hydrogens is 434 g/mol. The van der Waals surface area contributed by atoms with Gasteiger partial charge >= 0.3 is 6.03 Å². The van der Waals surface area contributed by atoms with Gasteiger partial charge in [-0.3, -0.25) is 14.4 Å². The van der Waals surface area contributed by atoms with Crippen molar-refractivity contribution in [2.75, 3.05) is 31.5 Å². The molecule has 9 heteroatoms. The molecule has 3 N–H and O–H groups in total. The van der Waals surface area contributed by atoms with E-state index in [1.165, 1.54) is 10.0 Å². The van der Waals surface area contributed by atoms with Gasteiger partial charge in [-0.15, -0.1) is 0 Å². The van der Waals surface area contributed by atoms with Gasteiger partial charge < -0.3 is 16.0 Å². The highest BCUT2D eigenvalue weighted by molar-refractivity contribution is 5.97. The van der Waals surface area contributed by atoms with Crippen LogP contribution in [0.5, 0.6) is 0 Å². The van der Waals surface area contributed by atoms with Gasteiger partial charge in [0.15, 0.2) is 0 Å². The summed E-state index contributed by atoms with van der Waals surface area (Å²) >= 11 is 0. The van der Waals surface area contributed by atoms with E-state index in [1.54, 1.807) is 30.3 Å². The molecule has 0 bridgehead atoms. The summed E-state index contributed by atoms with van der Waals surface area (Å²) in [6, 6.07) is 14.1. The zero-order valence-electron chi connectivity index (χ0n) is 19.6. The second-order valence-electron chi connectivity index (χ2n) is 7.91. The maximum atomic E-state index is 13.0. The first-order valence-corrected chi connectivity index (χ1v) is 11.5. The van der Waals surface area contributed by atoms with Gasteiger partial charge in [-0.1, -0.05) is 50.2 Å². The van der Waals surface area contributed by atoms with Gasteiger partial charge in [0, 0.05) is 24.3 Å². The van der Waals surface area contributed by atoms with Crippen LogP contribution in [0.1, 0.15) is 41.8 Å². The molecule has 1 aliphatic rings. The Kier molecular flexibility index (Phi) is 8.61. The number of nitrogens with one attached hydrogen (secondary N) is 3. The Morgan fingerprint density at radius 1 is 0.794 bits per heavy atom. The van der Waals surface area contributed by atoms with E-state index in [4.69, 9.17) is 0 Å². The van der Waals surface area contributed by atoms with Crippen LogP contribution in [-0.2, 0) is 22.4 Å². The van der Waals surface area contributed by atoms with Crippen LogP contribution in [-0.4, -0.2) is 59.9 Å². The molecule has 2 aromatic rings. The molecule has 9 nitrogen and oxygen atoms in total. The summed E-state index contributed by atoms with van der Waals surface area (Å²) in [7, 11) is 0. The maximum absolute atomic E-state index is 13.0. The first-order valence-electron chi connectivity index (χ1n) is 11.5. The van der Waals surface area contributed by atoms with Crippen LogP contribution < -0.4 is 16.0 Å². The zero-order chi connectivity index (χ0) is 24.5. The van der Waals surface area contributed by atoms with E-state index < -0.39 is 11.8 Å². The molecule has 2 aromatic carbocycles. The highest BCUT2D eigenvalue weighted by Crippen LogP contribution is 2.24. The Hall–Kier alpha value is -3.88. The number of benzene rings is 2. The fourth-order valence-corrected chi connectivity index (χ4v) is 3.84. The molecule has 1 saturated heterocycles. The molecule has 1 heterocycles. The Labute approximate surface area is 199 Å². The SMILES string of the molecule is CCc1cccc(CC)c1NC(=O)N1CCCN1C(=O)CNC(=O)CNC(=O)c1ccccc1. The quantitative estimate of drug-likeness (QED) is 0.556. The van der Waals surface area contributed by atoms with E-state index in [0.717, 1.165) is 29.7 Å². The van der Waals surface area contributed by atoms with Crippen molar-refractivity contribution in [2.45, 2.75) is 33.1 Å². The topological polar surface area (TPSA) is 111 Å². The summed E-state index contributed by atoms with van der Waals surface area (Å²) in [4.78, 5) is 49.9. The van der Waals surface area contributed by atoms with Crippen molar-refractivity contribution >= 4 is 29.4 Å². The van der Waals surface area contributed by atoms with Gasteiger partial charge in [-0.25, -0.2) is 14.8 Å². The van der Waals surface area contributed by atoms with E-state index in [-0.39, 0.29) is 25.0 Å². The predicted octanol–water partition coefficient (Wildman–Crippen LogP) is 2.34. The van der Waals surface area contributed by atoms with E-state index in [0.29, 0.717) is 25.1 Å². The molecule has 3 rings (SSSR count). The van der Waals surface area contributed by atoms with Crippen molar-refractivity contribution in [3.05, 3.63) is 65.2 Å². The number of anilines is 1. The third-order valence-electron chi connectivity index (χ3n) is 5.67. The van der Waals surface area contributed by atoms with Gasteiger partial charge in [0.25, 0.3) is 11.8 Å². The van der Waals surface area contributed by atoms with E-state index >= 15 is 0 Å². The zero-order valence-corrected chi connectivity index (χ0v) is 19.6. The number of hydrazine groups is 1. The normalized spacial score (nSPS) is 12.9. The van der Waals surface area contributed by atoms with Crippen molar-refractivity contribution in [1.29, 1.82) is 0 Å². The summed E-state index contributed by atoms with van der Waals surface area (Å²) in [6.07, 6.45) is 2.20. The smallest absolute Gasteiger partial charge is 0.340 e. The Morgan fingerprint density at radius 3 is 2.09 bits per heavy atom. The van der Waals surface area contributed by atoms with Crippen LogP contribution in [0.15, 0.2) is 48.5 Å². The fourth-order valence-electron chi connectivity index (χ4n) is 3.84. The molecule has 5 amide bonds. The highest BCUT2D eigenvalue weighted by atomic mass is 16.2. The number of carbonyl (C=O) groups excluding carboxylic acids is 4. The minimum absolute atomic E-state index is 0.251. The first-order chi connectivity index (χ1) is 16.4. The van der Waals surface area contributed by atoms with Gasteiger partial charge in [-0.05, 0) is 42.5 Å². The van der Waals surface area contributed by atoms with Crippen LogP contribution in [0.2, 0.25) is 0 Å². The number of carbonyl (C=O) groups is 4. The lowest BCUT2D eigenvalue weighted by Crippen LogP contribution is -2.50. The highest BCUT2D eigenvalue weighted by Gasteiger charge is 2.31. The van der Waals surface area contributed by atoms with Gasteiger partial charge in [0.1, 0.15) is 0 Å². The molecule has 0 radical (unpaired) electrons. The molecule has 0 saturated carbocycles. The maximum Gasteiger partial charge on any atom is 0.340 e. The van der Waals surface area contributed by atoms with Gasteiger partial charge in [0.05, 0.1) is 13.1 Å². The van der Waals surface area contributed by atoms with Crippen molar-refractivity contribution in [3.63, 3.8) is 0 Å².